The minimum Gasteiger partial charge on any atom is -0.317 e. The van der Waals surface area contributed by atoms with Crippen LogP contribution in [-0.2, 0) is 4.79 Å². The summed E-state index contributed by atoms with van der Waals surface area (Å²) in [5.74, 6) is -0.780. The zero-order valence-corrected chi connectivity index (χ0v) is 14.0. The summed E-state index contributed by atoms with van der Waals surface area (Å²) in [5, 5.41) is 9.74. The second-order valence-electron chi connectivity index (χ2n) is 5.23. The minimum absolute atomic E-state index is 0.0826. The summed E-state index contributed by atoms with van der Waals surface area (Å²) in [4.78, 5) is 30.9. The number of hydrazine groups is 1. The highest BCUT2D eigenvalue weighted by Gasteiger charge is 2.11. The summed E-state index contributed by atoms with van der Waals surface area (Å²) in [5.41, 5.74) is 5.88. The summed E-state index contributed by atoms with van der Waals surface area (Å²) >= 11 is 5.80. The Labute approximate surface area is 152 Å². The monoisotopic (exact) mass is 365 g/mol. The molecule has 0 spiro atoms. The molecule has 0 fully saturated rings. The number of carbonyl (C=O) groups is 1. The Morgan fingerprint density at radius 3 is 2.65 bits per heavy atom. The first kappa shape index (κ1) is 17.2. The molecule has 0 aliphatic rings. The largest absolute Gasteiger partial charge is 0.317 e. The van der Waals surface area contributed by atoms with Crippen molar-refractivity contribution in [2.75, 3.05) is 5.43 Å². The lowest BCUT2D eigenvalue weighted by Gasteiger charge is -2.07. The van der Waals surface area contributed by atoms with Gasteiger partial charge in [0.25, 0.3) is 11.5 Å². The highest BCUT2D eigenvalue weighted by molar-refractivity contribution is 6.30. The van der Waals surface area contributed by atoms with E-state index in [1.54, 1.807) is 48.5 Å². The highest BCUT2D eigenvalue weighted by Crippen LogP contribution is 2.12. The number of H-pyrrole nitrogens is 1. The molecular formula is C18H12ClN5O2. The first-order valence-electron chi connectivity index (χ1n) is 7.49. The Hall–Kier alpha value is -3.63. The molecule has 0 aliphatic carbocycles. The van der Waals surface area contributed by atoms with Crippen LogP contribution in [0.3, 0.4) is 0 Å². The predicted molar refractivity (Wildman–Crippen MR) is 99.2 cm³/mol. The van der Waals surface area contributed by atoms with Gasteiger partial charge in [-0.15, -0.1) is 0 Å². The third-order valence-corrected chi connectivity index (χ3v) is 3.69. The van der Waals surface area contributed by atoms with Gasteiger partial charge in [-0.1, -0.05) is 35.9 Å². The van der Waals surface area contributed by atoms with Crippen molar-refractivity contribution in [3.05, 3.63) is 75.0 Å². The molecular weight excluding hydrogens is 354 g/mol. The number of carbonyl (C=O) groups excluding carboxylic acids is 1. The van der Waals surface area contributed by atoms with E-state index >= 15 is 0 Å². The number of hydrogen-bond donors (Lipinski definition) is 3. The van der Waals surface area contributed by atoms with E-state index < -0.39 is 11.5 Å². The van der Waals surface area contributed by atoms with Crippen molar-refractivity contribution in [3.8, 4) is 6.07 Å². The summed E-state index contributed by atoms with van der Waals surface area (Å²) in [6, 6.07) is 15.5. The van der Waals surface area contributed by atoms with Gasteiger partial charge in [0.1, 0.15) is 11.6 Å². The number of amides is 1. The van der Waals surface area contributed by atoms with E-state index in [9.17, 15) is 14.9 Å². The molecule has 3 N–H and O–H groups in total. The maximum absolute atomic E-state index is 12.2. The lowest BCUT2D eigenvalue weighted by Crippen LogP contribution is -2.33. The number of nitrogens with one attached hydrogen (secondary N) is 3. The van der Waals surface area contributed by atoms with Crippen molar-refractivity contribution >= 4 is 40.4 Å². The number of nitriles is 1. The molecule has 8 heteroatoms. The third-order valence-electron chi connectivity index (χ3n) is 3.44. The summed E-state index contributed by atoms with van der Waals surface area (Å²) < 4.78 is 0. The van der Waals surface area contributed by atoms with Crippen LogP contribution in [0, 0.1) is 11.3 Å². The summed E-state index contributed by atoms with van der Waals surface area (Å²) in [7, 11) is 0. The van der Waals surface area contributed by atoms with Gasteiger partial charge in [0.05, 0.1) is 11.0 Å². The molecule has 1 amide bonds. The standard InChI is InChI=1S/C18H12ClN5O2/c19-13-7-5-11(6-8-13)9-12(10-20)17(25)24-23-16-18(26)22-15-4-2-1-3-14(15)21-16/h1-9H,(H,21,23)(H,22,26)(H,24,25)/b12-9+. The number of para-hydroxylation sites is 2. The maximum atomic E-state index is 12.2. The van der Waals surface area contributed by atoms with Crippen LogP contribution in [0.1, 0.15) is 5.56 Å². The normalized spacial score (nSPS) is 11.0. The van der Waals surface area contributed by atoms with E-state index in [0.717, 1.165) is 0 Å². The number of hydrogen-bond acceptors (Lipinski definition) is 5. The van der Waals surface area contributed by atoms with Gasteiger partial charge >= 0.3 is 0 Å². The van der Waals surface area contributed by atoms with Gasteiger partial charge in [-0.2, -0.15) is 5.26 Å². The SMILES string of the molecule is N#C/C(=C\c1ccc(Cl)cc1)C(=O)NNc1nc2ccccc2[nH]c1=O. The van der Waals surface area contributed by atoms with Gasteiger partial charge in [0.15, 0.2) is 0 Å². The average molecular weight is 366 g/mol. The Morgan fingerprint density at radius 2 is 1.92 bits per heavy atom. The second kappa shape index (κ2) is 7.51. The molecule has 7 nitrogen and oxygen atoms in total. The Kier molecular flexibility index (Phi) is 4.97. The van der Waals surface area contributed by atoms with Gasteiger partial charge in [0, 0.05) is 5.02 Å². The van der Waals surface area contributed by atoms with Crippen molar-refractivity contribution in [1.82, 2.24) is 15.4 Å². The highest BCUT2D eigenvalue weighted by atomic mass is 35.5. The zero-order valence-electron chi connectivity index (χ0n) is 13.3. The summed E-state index contributed by atoms with van der Waals surface area (Å²) in [6.45, 7) is 0. The number of benzene rings is 2. The number of fused-ring (bicyclic) bond motifs is 1. The van der Waals surface area contributed by atoms with E-state index in [2.05, 4.69) is 20.8 Å². The van der Waals surface area contributed by atoms with E-state index in [-0.39, 0.29) is 11.4 Å². The van der Waals surface area contributed by atoms with Crippen LogP contribution < -0.4 is 16.4 Å². The van der Waals surface area contributed by atoms with Crippen molar-refractivity contribution in [2.24, 2.45) is 0 Å². The molecule has 0 atom stereocenters. The lowest BCUT2D eigenvalue weighted by atomic mass is 10.1. The van der Waals surface area contributed by atoms with Gasteiger partial charge < -0.3 is 4.98 Å². The molecule has 1 heterocycles. The Balaban J connectivity index is 1.77. The van der Waals surface area contributed by atoms with Crippen molar-refractivity contribution in [2.45, 2.75) is 0 Å². The van der Waals surface area contributed by atoms with Crippen LogP contribution in [-0.4, -0.2) is 15.9 Å². The van der Waals surface area contributed by atoms with Crippen molar-refractivity contribution in [3.63, 3.8) is 0 Å². The van der Waals surface area contributed by atoms with Gasteiger partial charge in [-0.25, -0.2) is 4.98 Å². The predicted octanol–water partition coefficient (Wildman–Crippen LogP) is 2.63. The fraction of sp³-hybridized carbons (Fsp3) is 0. The van der Waals surface area contributed by atoms with Gasteiger partial charge in [0.2, 0.25) is 5.82 Å². The number of halogens is 1. The van der Waals surface area contributed by atoms with Crippen LogP contribution >= 0.6 is 11.6 Å². The molecule has 0 radical (unpaired) electrons. The number of rotatable bonds is 4. The molecule has 0 saturated heterocycles. The topological polar surface area (TPSA) is 111 Å². The van der Waals surface area contributed by atoms with Crippen molar-refractivity contribution < 1.29 is 4.79 Å². The van der Waals surface area contributed by atoms with Gasteiger partial charge in [-0.3, -0.25) is 20.4 Å². The molecule has 0 unspecified atom stereocenters. The number of anilines is 1. The molecule has 0 aliphatic heterocycles. The van der Waals surface area contributed by atoms with Crippen molar-refractivity contribution in [1.29, 1.82) is 5.26 Å². The zero-order chi connectivity index (χ0) is 18.5. The second-order valence-corrected chi connectivity index (χ2v) is 5.67. The molecule has 0 bridgehead atoms. The minimum atomic E-state index is -0.697. The Morgan fingerprint density at radius 1 is 1.19 bits per heavy atom. The van der Waals surface area contributed by atoms with Crippen LogP contribution in [0.4, 0.5) is 5.82 Å². The van der Waals surface area contributed by atoms with E-state index in [4.69, 9.17) is 11.6 Å². The fourth-order valence-corrected chi connectivity index (χ4v) is 2.30. The van der Waals surface area contributed by atoms with Crippen LogP contribution in [0.25, 0.3) is 17.1 Å². The quantitative estimate of drug-likeness (QED) is 0.374. The first-order chi connectivity index (χ1) is 12.6. The molecule has 1 aromatic heterocycles. The van der Waals surface area contributed by atoms with E-state index in [1.165, 1.54) is 6.08 Å². The fourth-order valence-electron chi connectivity index (χ4n) is 2.17. The van der Waals surface area contributed by atoms with Crippen LogP contribution in [0.2, 0.25) is 5.02 Å². The third kappa shape index (κ3) is 3.88. The first-order valence-corrected chi connectivity index (χ1v) is 7.87. The Bertz CT molecular complexity index is 1100. The smallest absolute Gasteiger partial charge is 0.292 e. The van der Waals surface area contributed by atoms with Gasteiger partial charge in [-0.05, 0) is 35.9 Å². The molecule has 3 rings (SSSR count). The van der Waals surface area contributed by atoms with E-state index in [1.807, 2.05) is 6.07 Å². The van der Waals surface area contributed by atoms with Crippen LogP contribution in [0.5, 0.6) is 0 Å². The van der Waals surface area contributed by atoms with E-state index in [0.29, 0.717) is 21.6 Å². The molecule has 128 valence electrons. The molecule has 3 aromatic rings. The number of nitrogens with zero attached hydrogens (tertiary/aromatic N) is 2. The lowest BCUT2D eigenvalue weighted by molar-refractivity contribution is -0.116. The van der Waals surface area contributed by atoms with Crippen LogP contribution in [0.15, 0.2) is 58.9 Å². The maximum Gasteiger partial charge on any atom is 0.292 e. The number of aromatic amines is 1. The summed E-state index contributed by atoms with van der Waals surface area (Å²) in [6.07, 6.45) is 1.41. The average Bonchev–Trinajstić information content (AvgIpc) is 2.65. The number of aromatic nitrogens is 2. The molecule has 2 aromatic carbocycles. The molecule has 0 saturated carbocycles. The molecule has 26 heavy (non-hydrogen) atoms.